The Morgan fingerprint density at radius 1 is 1.11 bits per heavy atom. The fraction of sp³-hybridized carbons (Fsp3) is 0.304. The number of aryl methyl sites for hydroxylation is 1. The molecule has 0 unspecified atom stereocenters. The standard InChI is InChI=1S/C23H25N3O2/c1-17-9-11-19(12-10-17)22-15-20(25-28-22)23(27)24-16-21(26-13-5-6-14-26)18-7-3-2-4-8-18/h2-4,7-12,15,21H,5-6,13-14,16H2,1H3,(H,24,27)/t21-/m1/s1. The number of rotatable bonds is 6. The summed E-state index contributed by atoms with van der Waals surface area (Å²) in [6, 6.07) is 20.2. The van der Waals surface area contributed by atoms with Gasteiger partial charge in [0.1, 0.15) is 0 Å². The highest BCUT2D eigenvalue weighted by Crippen LogP contribution is 2.25. The maximum absolute atomic E-state index is 12.6. The zero-order valence-corrected chi connectivity index (χ0v) is 16.1. The first-order chi connectivity index (χ1) is 13.7. The highest BCUT2D eigenvalue weighted by atomic mass is 16.5. The van der Waals surface area contributed by atoms with Gasteiger partial charge >= 0.3 is 0 Å². The van der Waals surface area contributed by atoms with E-state index in [-0.39, 0.29) is 11.9 Å². The first-order valence-electron chi connectivity index (χ1n) is 9.81. The van der Waals surface area contributed by atoms with Gasteiger partial charge in [-0.1, -0.05) is 65.3 Å². The summed E-state index contributed by atoms with van der Waals surface area (Å²) < 4.78 is 5.38. The van der Waals surface area contributed by atoms with Crippen molar-refractivity contribution in [2.24, 2.45) is 0 Å². The van der Waals surface area contributed by atoms with E-state index in [4.69, 9.17) is 4.52 Å². The summed E-state index contributed by atoms with van der Waals surface area (Å²) in [5, 5.41) is 7.01. The Morgan fingerprint density at radius 2 is 1.82 bits per heavy atom. The molecule has 3 aromatic rings. The number of carbonyl (C=O) groups is 1. The van der Waals surface area contributed by atoms with E-state index < -0.39 is 0 Å². The van der Waals surface area contributed by atoms with Crippen LogP contribution in [0.4, 0.5) is 0 Å². The number of nitrogens with one attached hydrogen (secondary N) is 1. The summed E-state index contributed by atoms with van der Waals surface area (Å²) in [5.74, 6) is 0.395. The van der Waals surface area contributed by atoms with Crippen molar-refractivity contribution in [1.29, 1.82) is 0 Å². The van der Waals surface area contributed by atoms with Crippen LogP contribution in [0.25, 0.3) is 11.3 Å². The number of nitrogens with zero attached hydrogens (tertiary/aromatic N) is 2. The molecule has 1 aliphatic heterocycles. The fourth-order valence-electron chi connectivity index (χ4n) is 3.70. The zero-order valence-electron chi connectivity index (χ0n) is 16.1. The van der Waals surface area contributed by atoms with Gasteiger partial charge in [0.25, 0.3) is 5.91 Å². The lowest BCUT2D eigenvalue weighted by molar-refractivity contribution is 0.0929. The van der Waals surface area contributed by atoms with Crippen LogP contribution < -0.4 is 5.32 Å². The molecule has 0 saturated carbocycles. The van der Waals surface area contributed by atoms with Crippen molar-refractivity contribution in [3.63, 3.8) is 0 Å². The van der Waals surface area contributed by atoms with E-state index >= 15 is 0 Å². The number of carbonyl (C=O) groups excluding carboxylic acids is 1. The molecule has 1 fully saturated rings. The van der Waals surface area contributed by atoms with Crippen LogP contribution in [-0.2, 0) is 0 Å². The molecule has 0 bridgehead atoms. The molecule has 1 aromatic heterocycles. The Labute approximate surface area is 165 Å². The Morgan fingerprint density at radius 3 is 2.54 bits per heavy atom. The molecule has 0 aliphatic carbocycles. The van der Waals surface area contributed by atoms with Gasteiger partial charge in [0.05, 0.1) is 6.04 Å². The van der Waals surface area contributed by atoms with Crippen LogP contribution in [0.2, 0.25) is 0 Å². The quantitative estimate of drug-likeness (QED) is 0.701. The monoisotopic (exact) mass is 375 g/mol. The molecule has 5 nitrogen and oxygen atoms in total. The van der Waals surface area contributed by atoms with Gasteiger partial charge in [-0.05, 0) is 38.4 Å². The largest absolute Gasteiger partial charge is 0.355 e. The topological polar surface area (TPSA) is 58.4 Å². The molecular weight excluding hydrogens is 350 g/mol. The van der Waals surface area contributed by atoms with Gasteiger partial charge < -0.3 is 9.84 Å². The second kappa shape index (κ2) is 8.40. The van der Waals surface area contributed by atoms with Crippen LogP contribution in [0.5, 0.6) is 0 Å². The highest BCUT2D eigenvalue weighted by Gasteiger charge is 2.24. The van der Waals surface area contributed by atoms with E-state index in [9.17, 15) is 4.79 Å². The Bertz CT molecular complexity index is 913. The lowest BCUT2D eigenvalue weighted by atomic mass is 10.1. The average Bonchev–Trinajstić information content (AvgIpc) is 3.42. The SMILES string of the molecule is Cc1ccc(-c2cc(C(=O)NC[C@H](c3ccccc3)N3CCCC3)no2)cc1. The van der Waals surface area contributed by atoms with Crippen molar-refractivity contribution >= 4 is 5.91 Å². The van der Waals surface area contributed by atoms with Crippen LogP contribution >= 0.6 is 0 Å². The second-order valence-electron chi connectivity index (χ2n) is 7.32. The van der Waals surface area contributed by atoms with E-state index in [1.165, 1.54) is 24.0 Å². The average molecular weight is 375 g/mol. The molecule has 1 atom stereocenters. The molecular formula is C23H25N3O2. The predicted octanol–water partition coefficient (Wildman–Crippen LogP) is 4.22. The van der Waals surface area contributed by atoms with E-state index in [1.54, 1.807) is 6.07 Å². The van der Waals surface area contributed by atoms with Crippen molar-refractivity contribution in [3.05, 3.63) is 77.5 Å². The summed E-state index contributed by atoms with van der Waals surface area (Å²) >= 11 is 0. The molecule has 1 saturated heterocycles. The molecule has 1 amide bonds. The lowest BCUT2D eigenvalue weighted by Gasteiger charge is -2.28. The maximum atomic E-state index is 12.6. The molecule has 1 N–H and O–H groups in total. The summed E-state index contributed by atoms with van der Waals surface area (Å²) in [7, 11) is 0. The van der Waals surface area contributed by atoms with Crippen LogP contribution in [0, 0.1) is 6.92 Å². The molecule has 144 valence electrons. The molecule has 28 heavy (non-hydrogen) atoms. The summed E-state index contributed by atoms with van der Waals surface area (Å²) in [4.78, 5) is 15.1. The van der Waals surface area contributed by atoms with Crippen LogP contribution in [0.1, 0.15) is 40.5 Å². The van der Waals surface area contributed by atoms with Gasteiger partial charge in [-0.15, -0.1) is 0 Å². The molecule has 4 rings (SSSR count). The van der Waals surface area contributed by atoms with Gasteiger partial charge in [0, 0.05) is 18.2 Å². The number of likely N-dealkylation sites (tertiary alicyclic amines) is 1. The predicted molar refractivity (Wildman–Crippen MR) is 109 cm³/mol. The molecule has 0 spiro atoms. The first-order valence-corrected chi connectivity index (χ1v) is 9.81. The van der Waals surface area contributed by atoms with Crippen molar-refractivity contribution in [2.45, 2.75) is 25.8 Å². The third-order valence-corrected chi connectivity index (χ3v) is 5.30. The normalized spacial score (nSPS) is 15.5. The minimum atomic E-state index is -0.206. The fourth-order valence-corrected chi connectivity index (χ4v) is 3.70. The third-order valence-electron chi connectivity index (χ3n) is 5.30. The van der Waals surface area contributed by atoms with Crippen LogP contribution in [0.3, 0.4) is 0 Å². The van der Waals surface area contributed by atoms with Crippen LogP contribution in [-0.4, -0.2) is 35.6 Å². The Kier molecular flexibility index (Phi) is 5.53. The first kappa shape index (κ1) is 18.4. The number of benzene rings is 2. The number of aromatic nitrogens is 1. The number of hydrogen-bond acceptors (Lipinski definition) is 4. The Balaban J connectivity index is 1.44. The van der Waals surface area contributed by atoms with E-state index in [1.807, 2.05) is 49.4 Å². The van der Waals surface area contributed by atoms with Gasteiger partial charge in [-0.3, -0.25) is 9.69 Å². The van der Waals surface area contributed by atoms with Gasteiger partial charge in [0.15, 0.2) is 11.5 Å². The van der Waals surface area contributed by atoms with Gasteiger partial charge in [-0.2, -0.15) is 0 Å². The number of amides is 1. The smallest absolute Gasteiger partial charge is 0.273 e. The second-order valence-corrected chi connectivity index (χ2v) is 7.32. The van der Waals surface area contributed by atoms with Gasteiger partial charge in [0.2, 0.25) is 0 Å². The van der Waals surface area contributed by atoms with Gasteiger partial charge in [-0.25, -0.2) is 0 Å². The Hall–Kier alpha value is -2.92. The van der Waals surface area contributed by atoms with E-state index in [0.29, 0.717) is 18.0 Å². The molecule has 5 heteroatoms. The maximum Gasteiger partial charge on any atom is 0.273 e. The number of hydrogen-bond donors (Lipinski definition) is 1. The molecule has 0 radical (unpaired) electrons. The van der Waals surface area contributed by atoms with Crippen molar-refractivity contribution < 1.29 is 9.32 Å². The van der Waals surface area contributed by atoms with Crippen molar-refractivity contribution in [1.82, 2.24) is 15.4 Å². The molecule has 2 heterocycles. The van der Waals surface area contributed by atoms with Crippen molar-refractivity contribution in [2.75, 3.05) is 19.6 Å². The minimum absolute atomic E-state index is 0.177. The van der Waals surface area contributed by atoms with E-state index in [0.717, 1.165) is 18.7 Å². The minimum Gasteiger partial charge on any atom is -0.355 e. The van der Waals surface area contributed by atoms with Crippen molar-refractivity contribution in [3.8, 4) is 11.3 Å². The zero-order chi connectivity index (χ0) is 19.3. The third kappa shape index (κ3) is 4.15. The van der Waals surface area contributed by atoms with Crippen LogP contribution in [0.15, 0.2) is 65.2 Å². The lowest BCUT2D eigenvalue weighted by Crippen LogP contribution is -2.36. The summed E-state index contributed by atoms with van der Waals surface area (Å²) in [6.45, 7) is 4.72. The molecule has 2 aromatic carbocycles. The van der Waals surface area contributed by atoms with E-state index in [2.05, 4.69) is 27.5 Å². The highest BCUT2D eigenvalue weighted by molar-refractivity contribution is 5.93. The summed E-state index contributed by atoms with van der Waals surface area (Å²) in [5.41, 5.74) is 3.63. The summed E-state index contributed by atoms with van der Waals surface area (Å²) in [6.07, 6.45) is 2.42. The molecule has 1 aliphatic rings.